The molecule has 0 bridgehead atoms. The second-order valence-electron chi connectivity index (χ2n) is 5.68. The van der Waals surface area contributed by atoms with Gasteiger partial charge in [0.25, 0.3) is 0 Å². The summed E-state index contributed by atoms with van der Waals surface area (Å²) in [6.07, 6.45) is 5.27. The van der Waals surface area contributed by atoms with E-state index in [1.54, 1.807) is 6.07 Å². The lowest BCUT2D eigenvalue weighted by molar-refractivity contribution is -0.115. The maximum atomic E-state index is 11.9. The molecule has 0 aliphatic heterocycles. The highest BCUT2D eigenvalue weighted by Gasteiger charge is 2.20. The smallest absolute Gasteiger partial charge is 0.238 e. The molecule has 2 atom stereocenters. The quantitative estimate of drug-likeness (QED) is 0.869. The van der Waals surface area contributed by atoms with Gasteiger partial charge < -0.3 is 10.6 Å². The van der Waals surface area contributed by atoms with Crippen molar-refractivity contribution in [2.45, 2.75) is 32.6 Å². The first-order valence-electron chi connectivity index (χ1n) is 7.42. The Labute approximate surface area is 126 Å². The van der Waals surface area contributed by atoms with Crippen LogP contribution in [-0.4, -0.2) is 19.0 Å². The maximum absolute atomic E-state index is 11.9. The molecular formula is C16H23ClN2O. The van der Waals surface area contributed by atoms with Crippen LogP contribution in [0.2, 0.25) is 5.02 Å². The number of carbonyl (C=O) groups excluding carboxylic acids is 1. The van der Waals surface area contributed by atoms with E-state index < -0.39 is 0 Å². The third kappa shape index (κ3) is 4.50. The minimum Gasteiger partial charge on any atom is -0.324 e. The summed E-state index contributed by atoms with van der Waals surface area (Å²) >= 11 is 6.01. The summed E-state index contributed by atoms with van der Waals surface area (Å²) in [7, 11) is 0. The van der Waals surface area contributed by atoms with Crippen LogP contribution in [0, 0.1) is 11.8 Å². The Morgan fingerprint density at radius 3 is 2.80 bits per heavy atom. The normalized spacial score (nSPS) is 22.5. The number of hydrogen-bond acceptors (Lipinski definition) is 2. The highest BCUT2D eigenvalue weighted by atomic mass is 35.5. The number of amides is 1. The average Bonchev–Trinajstić information content (AvgIpc) is 2.43. The Kier molecular flexibility index (Phi) is 5.86. The standard InChI is InChI=1S/C16H23ClN2O/c1-12-6-2-3-7-13(12)10-18-11-16(20)19-15-9-5-4-8-14(15)17/h4-5,8-9,12-13,18H,2-3,6-7,10-11H2,1H3,(H,19,20). The molecule has 1 amide bonds. The molecule has 0 heterocycles. The van der Waals surface area contributed by atoms with Crippen molar-refractivity contribution in [2.24, 2.45) is 11.8 Å². The van der Waals surface area contributed by atoms with Gasteiger partial charge in [0.1, 0.15) is 0 Å². The van der Waals surface area contributed by atoms with Crippen molar-refractivity contribution in [1.29, 1.82) is 0 Å². The second kappa shape index (κ2) is 7.65. The first-order chi connectivity index (χ1) is 9.66. The largest absolute Gasteiger partial charge is 0.324 e. The lowest BCUT2D eigenvalue weighted by Crippen LogP contribution is -2.34. The topological polar surface area (TPSA) is 41.1 Å². The fraction of sp³-hybridized carbons (Fsp3) is 0.562. The minimum atomic E-state index is -0.0402. The Balaban J connectivity index is 1.71. The number of nitrogens with one attached hydrogen (secondary N) is 2. The zero-order valence-corrected chi connectivity index (χ0v) is 12.7. The van der Waals surface area contributed by atoms with Crippen LogP contribution < -0.4 is 10.6 Å². The molecule has 110 valence electrons. The fourth-order valence-electron chi connectivity index (χ4n) is 2.82. The van der Waals surface area contributed by atoms with Crippen molar-refractivity contribution in [2.75, 3.05) is 18.4 Å². The van der Waals surface area contributed by atoms with Crippen LogP contribution in [0.3, 0.4) is 0 Å². The van der Waals surface area contributed by atoms with Gasteiger partial charge in [-0.25, -0.2) is 0 Å². The van der Waals surface area contributed by atoms with E-state index in [0.29, 0.717) is 23.2 Å². The van der Waals surface area contributed by atoms with Gasteiger partial charge >= 0.3 is 0 Å². The van der Waals surface area contributed by atoms with E-state index in [1.165, 1.54) is 25.7 Å². The molecule has 3 nitrogen and oxygen atoms in total. The molecule has 2 N–H and O–H groups in total. The molecule has 4 heteroatoms. The first-order valence-corrected chi connectivity index (χ1v) is 7.79. The summed E-state index contributed by atoms with van der Waals surface area (Å²) in [6.45, 7) is 3.58. The van der Waals surface area contributed by atoms with Gasteiger partial charge in [0.15, 0.2) is 0 Å². The predicted octanol–water partition coefficient (Wildman–Crippen LogP) is 3.69. The highest BCUT2D eigenvalue weighted by molar-refractivity contribution is 6.33. The third-order valence-electron chi connectivity index (χ3n) is 4.13. The number of hydrogen-bond donors (Lipinski definition) is 2. The Morgan fingerprint density at radius 1 is 1.30 bits per heavy atom. The van der Waals surface area contributed by atoms with Gasteiger partial charge in [-0.2, -0.15) is 0 Å². The SMILES string of the molecule is CC1CCCCC1CNCC(=O)Nc1ccccc1Cl. The van der Waals surface area contributed by atoms with Crippen LogP contribution in [0.1, 0.15) is 32.6 Å². The van der Waals surface area contributed by atoms with Crippen molar-refractivity contribution in [3.63, 3.8) is 0 Å². The number of carbonyl (C=O) groups is 1. The first kappa shape index (κ1) is 15.3. The summed E-state index contributed by atoms with van der Waals surface area (Å²) in [6, 6.07) is 7.29. The van der Waals surface area contributed by atoms with E-state index in [2.05, 4.69) is 17.6 Å². The molecule has 1 aliphatic carbocycles. The van der Waals surface area contributed by atoms with E-state index in [4.69, 9.17) is 11.6 Å². The van der Waals surface area contributed by atoms with E-state index in [1.807, 2.05) is 18.2 Å². The lowest BCUT2D eigenvalue weighted by Gasteiger charge is -2.28. The molecule has 0 saturated heterocycles. The molecule has 1 aromatic carbocycles. The second-order valence-corrected chi connectivity index (χ2v) is 6.09. The number of benzene rings is 1. The van der Waals surface area contributed by atoms with Crippen LogP contribution in [-0.2, 0) is 4.79 Å². The molecule has 1 saturated carbocycles. The van der Waals surface area contributed by atoms with Crippen molar-refractivity contribution in [3.8, 4) is 0 Å². The van der Waals surface area contributed by atoms with Crippen molar-refractivity contribution in [3.05, 3.63) is 29.3 Å². The molecule has 1 aliphatic rings. The molecule has 1 aromatic rings. The minimum absolute atomic E-state index is 0.0402. The Morgan fingerprint density at radius 2 is 2.05 bits per heavy atom. The monoisotopic (exact) mass is 294 g/mol. The van der Waals surface area contributed by atoms with Gasteiger partial charge in [-0.3, -0.25) is 4.79 Å². The predicted molar refractivity (Wildman–Crippen MR) is 84.1 cm³/mol. The summed E-state index contributed by atoms with van der Waals surface area (Å²) in [5, 5.41) is 6.67. The molecule has 0 radical (unpaired) electrons. The van der Waals surface area contributed by atoms with Crippen molar-refractivity contribution >= 4 is 23.2 Å². The zero-order valence-electron chi connectivity index (χ0n) is 12.0. The molecule has 1 fully saturated rings. The Bertz CT molecular complexity index is 450. The maximum Gasteiger partial charge on any atom is 0.238 e. The summed E-state index contributed by atoms with van der Waals surface area (Å²) in [4.78, 5) is 11.9. The highest BCUT2D eigenvalue weighted by Crippen LogP contribution is 2.28. The summed E-state index contributed by atoms with van der Waals surface area (Å²) < 4.78 is 0. The molecule has 0 aromatic heterocycles. The Hall–Kier alpha value is -1.06. The average molecular weight is 295 g/mol. The van der Waals surface area contributed by atoms with Crippen LogP contribution in [0.5, 0.6) is 0 Å². The van der Waals surface area contributed by atoms with Crippen LogP contribution in [0.15, 0.2) is 24.3 Å². The fourth-order valence-corrected chi connectivity index (χ4v) is 3.01. The van der Waals surface area contributed by atoms with E-state index in [9.17, 15) is 4.79 Å². The van der Waals surface area contributed by atoms with Crippen molar-refractivity contribution < 1.29 is 4.79 Å². The number of para-hydroxylation sites is 1. The van der Waals surface area contributed by atoms with E-state index in [0.717, 1.165) is 12.5 Å². The van der Waals surface area contributed by atoms with Gasteiger partial charge in [0.05, 0.1) is 17.3 Å². The molecular weight excluding hydrogens is 272 g/mol. The summed E-state index contributed by atoms with van der Waals surface area (Å²) in [5.41, 5.74) is 0.673. The lowest BCUT2D eigenvalue weighted by atomic mass is 9.80. The van der Waals surface area contributed by atoms with Gasteiger partial charge in [-0.05, 0) is 36.9 Å². The van der Waals surface area contributed by atoms with E-state index >= 15 is 0 Å². The van der Waals surface area contributed by atoms with Gasteiger partial charge in [-0.1, -0.05) is 49.9 Å². The van der Waals surface area contributed by atoms with Crippen LogP contribution in [0.25, 0.3) is 0 Å². The third-order valence-corrected chi connectivity index (χ3v) is 4.46. The number of rotatable bonds is 5. The zero-order chi connectivity index (χ0) is 14.4. The molecule has 2 rings (SSSR count). The van der Waals surface area contributed by atoms with Gasteiger partial charge in [0.2, 0.25) is 5.91 Å². The van der Waals surface area contributed by atoms with E-state index in [-0.39, 0.29) is 5.91 Å². The van der Waals surface area contributed by atoms with Gasteiger partial charge in [0, 0.05) is 0 Å². The van der Waals surface area contributed by atoms with Gasteiger partial charge in [-0.15, -0.1) is 0 Å². The van der Waals surface area contributed by atoms with Crippen molar-refractivity contribution in [1.82, 2.24) is 5.32 Å². The number of halogens is 1. The van der Waals surface area contributed by atoms with Crippen LogP contribution >= 0.6 is 11.6 Å². The molecule has 20 heavy (non-hydrogen) atoms. The molecule has 0 spiro atoms. The number of anilines is 1. The summed E-state index contributed by atoms with van der Waals surface area (Å²) in [5.74, 6) is 1.43. The molecule has 2 unspecified atom stereocenters. The van der Waals surface area contributed by atoms with Crippen LogP contribution in [0.4, 0.5) is 5.69 Å².